The Hall–Kier alpha value is -3.27. The monoisotopic (exact) mass is 419 g/mol. The van der Waals surface area contributed by atoms with Gasteiger partial charge in [-0.25, -0.2) is 9.67 Å². The first-order valence-electron chi connectivity index (χ1n) is 9.18. The zero-order chi connectivity index (χ0) is 21.6. The van der Waals surface area contributed by atoms with Crippen molar-refractivity contribution in [1.29, 1.82) is 0 Å². The van der Waals surface area contributed by atoms with E-state index >= 15 is 0 Å². The van der Waals surface area contributed by atoms with Crippen LogP contribution in [-0.2, 0) is 23.9 Å². The highest BCUT2D eigenvalue weighted by molar-refractivity contribution is 5.72. The average molecular weight is 419 g/mol. The summed E-state index contributed by atoms with van der Waals surface area (Å²) in [6.07, 6.45) is -2.48. The SMILES string of the molecule is COc1cc(-n2nc(-c3cnc(N)c(N)c3)c3c2CC(C)OC3)ccc1C(F)(F)F. The van der Waals surface area contributed by atoms with Crippen LogP contribution >= 0.6 is 0 Å². The zero-order valence-electron chi connectivity index (χ0n) is 16.3. The first-order valence-corrected chi connectivity index (χ1v) is 9.18. The molecule has 2 aromatic heterocycles. The lowest BCUT2D eigenvalue weighted by atomic mass is 10.0. The molecule has 0 saturated heterocycles. The van der Waals surface area contributed by atoms with Gasteiger partial charge < -0.3 is 20.9 Å². The van der Waals surface area contributed by atoms with Crippen LogP contribution in [0.15, 0.2) is 30.5 Å². The molecule has 1 atom stereocenters. The Morgan fingerprint density at radius 1 is 1.23 bits per heavy atom. The minimum Gasteiger partial charge on any atom is -0.496 e. The van der Waals surface area contributed by atoms with Gasteiger partial charge in [-0.2, -0.15) is 18.3 Å². The van der Waals surface area contributed by atoms with Gasteiger partial charge in [0.15, 0.2) is 0 Å². The number of methoxy groups -OCH3 is 1. The normalized spacial score (nSPS) is 16.4. The minimum atomic E-state index is -4.52. The molecule has 4 rings (SSSR count). The lowest BCUT2D eigenvalue weighted by Crippen LogP contribution is -2.21. The molecular weight excluding hydrogens is 399 g/mol. The predicted molar refractivity (Wildman–Crippen MR) is 105 cm³/mol. The van der Waals surface area contributed by atoms with Crippen LogP contribution in [0.5, 0.6) is 5.75 Å². The van der Waals surface area contributed by atoms with Crippen molar-refractivity contribution in [3.05, 3.63) is 47.3 Å². The lowest BCUT2D eigenvalue weighted by Gasteiger charge is -2.21. The standard InChI is InChI=1S/C20H20F3N5O2/c1-10-5-16-13(9-30-10)18(11-6-15(24)19(25)26-8-11)27-28(16)12-3-4-14(20(21,22)23)17(7-12)29-2/h3-4,6-8,10H,5,9,24H2,1-2H3,(H2,25,26). The number of ether oxygens (including phenoxy) is 2. The maximum atomic E-state index is 13.2. The third-order valence-corrected chi connectivity index (χ3v) is 5.04. The third-order valence-electron chi connectivity index (χ3n) is 5.04. The van der Waals surface area contributed by atoms with Crippen LogP contribution in [0.4, 0.5) is 24.7 Å². The molecule has 0 fully saturated rings. The van der Waals surface area contributed by atoms with Crippen molar-refractivity contribution in [3.8, 4) is 22.7 Å². The molecule has 10 heteroatoms. The summed E-state index contributed by atoms with van der Waals surface area (Å²) in [7, 11) is 1.21. The molecular formula is C20H20F3N5O2. The number of hydrogen-bond donors (Lipinski definition) is 2. The fourth-order valence-electron chi connectivity index (χ4n) is 3.52. The van der Waals surface area contributed by atoms with Gasteiger partial charge in [0, 0.05) is 29.8 Å². The smallest absolute Gasteiger partial charge is 0.419 e. The molecule has 1 aliphatic rings. The van der Waals surface area contributed by atoms with Crippen LogP contribution in [-0.4, -0.2) is 28.0 Å². The molecule has 3 aromatic rings. The number of halogens is 3. The summed E-state index contributed by atoms with van der Waals surface area (Å²) in [5.41, 5.74) is 14.4. The first-order chi connectivity index (χ1) is 14.2. The molecule has 7 nitrogen and oxygen atoms in total. The van der Waals surface area contributed by atoms with Crippen LogP contribution in [0, 0.1) is 0 Å². The molecule has 0 bridgehead atoms. The Balaban J connectivity index is 1.88. The maximum Gasteiger partial charge on any atom is 0.419 e. The predicted octanol–water partition coefficient (Wildman–Crippen LogP) is 3.59. The molecule has 1 aromatic carbocycles. The van der Waals surface area contributed by atoms with Gasteiger partial charge in [0.1, 0.15) is 17.3 Å². The fraction of sp³-hybridized carbons (Fsp3) is 0.300. The number of fused-ring (bicyclic) bond motifs is 1. The van der Waals surface area contributed by atoms with Gasteiger partial charge in [0.25, 0.3) is 0 Å². The molecule has 0 saturated carbocycles. The van der Waals surface area contributed by atoms with Crippen molar-refractivity contribution in [1.82, 2.24) is 14.8 Å². The number of aromatic nitrogens is 3. The van der Waals surface area contributed by atoms with Crippen molar-refractivity contribution in [2.75, 3.05) is 18.6 Å². The van der Waals surface area contributed by atoms with E-state index in [0.717, 1.165) is 17.3 Å². The summed E-state index contributed by atoms with van der Waals surface area (Å²) in [6.45, 7) is 2.24. The molecule has 1 unspecified atom stereocenters. The molecule has 0 spiro atoms. The number of hydrogen-bond acceptors (Lipinski definition) is 6. The lowest BCUT2D eigenvalue weighted by molar-refractivity contribution is -0.138. The van der Waals surface area contributed by atoms with Gasteiger partial charge >= 0.3 is 6.18 Å². The fourth-order valence-corrected chi connectivity index (χ4v) is 3.52. The molecule has 30 heavy (non-hydrogen) atoms. The van der Waals surface area contributed by atoms with E-state index in [1.54, 1.807) is 16.9 Å². The van der Waals surface area contributed by atoms with Gasteiger partial charge in [-0.1, -0.05) is 0 Å². The van der Waals surface area contributed by atoms with E-state index in [1.807, 2.05) is 6.92 Å². The summed E-state index contributed by atoms with van der Waals surface area (Å²) >= 11 is 0. The Kier molecular flexibility index (Phi) is 4.81. The Morgan fingerprint density at radius 3 is 2.67 bits per heavy atom. The summed E-state index contributed by atoms with van der Waals surface area (Å²) < 4.78 is 52.1. The molecule has 3 heterocycles. The molecule has 1 aliphatic heterocycles. The van der Waals surface area contributed by atoms with E-state index in [1.165, 1.54) is 19.2 Å². The van der Waals surface area contributed by atoms with E-state index in [0.29, 0.717) is 35.7 Å². The second kappa shape index (κ2) is 7.21. The highest BCUT2D eigenvalue weighted by atomic mass is 19.4. The number of nitrogen functional groups attached to an aromatic ring is 2. The van der Waals surface area contributed by atoms with Crippen LogP contribution in [0.3, 0.4) is 0 Å². The van der Waals surface area contributed by atoms with Crippen molar-refractivity contribution in [2.45, 2.75) is 32.2 Å². The highest BCUT2D eigenvalue weighted by Crippen LogP contribution is 2.39. The summed E-state index contributed by atoms with van der Waals surface area (Å²) in [5.74, 6) is -0.0614. The van der Waals surface area contributed by atoms with Crippen molar-refractivity contribution in [2.24, 2.45) is 0 Å². The number of pyridine rings is 1. The maximum absolute atomic E-state index is 13.2. The number of alkyl halides is 3. The van der Waals surface area contributed by atoms with Crippen molar-refractivity contribution >= 4 is 11.5 Å². The Morgan fingerprint density at radius 2 is 2.00 bits per heavy atom. The second-order valence-electron chi connectivity index (χ2n) is 7.09. The summed E-state index contributed by atoms with van der Waals surface area (Å²) in [6, 6.07) is 5.36. The molecule has 0 aliphatic carbocycles. The van der Waals surface area contributed by atoms with Gasteiger partial charge in [-0.15, -0.1) is 0 Å². The molecule has 158 valence electrons. The molecule has 0 radical (unpaired) electrons. The van der Waals surface area contributed by atoms with Gasteiger partial charge in [-0.05, 0) is 25.1 Å². The van der Waals surface area contributed by atoms with Gasteiger partial charge in [-0.3, -0.25) is 0 Å². The Labute approximate surface area is 170 Å². The van der Waals surface area contributed by atoms with E-state index in [4.69, 9.17) is 20.9 Å². The number of nitrogens with zero attached hydrogens (tertiary/aromatic N) is 3. The van der Waals surface area contributed by atoms with Gasteiger partial charge in [0.2, 0.25) is 0 Å². The van der Waals surface area contributed by atoms with Crippen LogP contribution in [0.25, 0.3) is 16.9 Å². The quantitative estimate of drug-likeness (QED) is 0.673. The third kappa shape index (κ3) is 3.43. The topological polar surface area (TPSA) is 101 Å². The Bertz CT molecular complexity index is 1110. The van der Waals surface area contributed by atoms with E-state index < -0.39 is 11.7 Å². The summed E-state index contributed by atoms with van der Waals surface area (Å²) in [4.78, 5) is 4.08. The highest BCUT2D eigenvalue weighted by Gasteiger charge is 2.35. The van der Waals surface area contributed by atoms with E-state index in [-0.39, 0.29) is 17.7 Å². The van der Waals surface area contributed by atoms with Crippen LogP contribution in [0.2, 0.25) is 0 Å². The van der Waals surface area contributed by atoms with Gasteiger partial charge in [0.05, 0.1) is 42.5 Å². The van der Waals surface area contributed by atoms with Crippen LogP contribution < -0.4 is 16.2 Å². The van der Waals surface area contributed by atoms with E-state index in [2.05, 4.69) is 10.1 Å². The van der Waals surface area contributed by atoms with Crippen molar-refractivity contribution < 1.29 is 22.6 Å². The number of rotatable bonds is 3. The largest absolute Gasteiger partial charge is 0.496 e. The number of benzene rings is 1. The second-order valence-corrected chi connectivity index (χ2v) is 7.09. The summed E-state index contributed by atoms with van der Waals surface area (Å²) in [5, 5.41) is 4.67. The number of anilines is 2. The van der Waals surface area contributed by atoms with Crippen LogP contribution in [0.1, 0.15) is 23.7 Å². The minimum absolute atomic E-state index is 0.0632. The number of nitrogens with two attached hydrogens (primary N) is 2. The average Bonchev–Trinajstić information content (AvgIpc) is 3.07. The molecule has 4 N–H and O–H groups in total. The zero-order valence-corrected chi connectivity index (χ0v) is 16.3. The van der Waals surface area contributed by atoms with Crippen molar-refractivity contribution in [3.63, 3.8) is 0 Å². The van der Waals surface area contributed by atoms with E-state index in [9.17, 15) is 13.2 Å². The first kappa shape index (κ1) is 20.0. The molecule has 0 amide bonds.